The number of rotatable bonds is 5. The zero-order chi connectivity index (χ0) is 12.8. The molecule has 0 aromatic heterocycles. The molecule has 3 nitrogen and oxygen atoms in total. The number of para-hydroxylation sites is 1. The summed E-state index contributed by atoms with van der Waals surface area (Å²) in [6.07, 6.45) is 4.30. The van der Waals surface area contributed by atoms with Crippen molar-refractivity contribution in [1.29, 1.82) is 0 Å². The Morgan fingerprint density at radius 3 is 2.67 bits per heavy atom. The fourth-order valence-electron chi connectivity index (χ4n) is 2.94. The van der Waals surface area contributed by atoms with E-state index in [2.05, 4.69) is 18.2 Å². The maximum atomic E-state index is 5.69. The first kappa shape index (κ1) is 13.4. The molecule has 0 unspecified atom stereocenters. The fourth-order valence-corrected chi connectivity index (χ4v) is 2.94. The Bertz CT molecular complexity index is 373. The lowest BCUT2D eigenvalue weighted by Crippen LogP contribution is -2.34. The van der Waals surface area contributed by atoms with E-state index in [-0.39, 0.29) is 5.41 Å². The molecule has 0 spiro atoms. The Morgan fingerprint density at radius 2 is 2.00 bits per heavy atom. The van der Waals surface area contributed by atoms with Gasteiger partial charge in [-0.25, -0.2) is 0 Å². The molecule has 3 heteroatoms. The van der Waals surface area contributed by atoms with Crippen molar-refractivity contribution in [3.63, 3.8) is 0 Å². The van der Waals surface area contributed by atoms with Crippen LogP contribution < -0.4 is 10.5 Å². The van der Waals surface area contributed by atoms with Crippen LogP contribution in [0.2, 0.25) is 0 Å². The van der Waals surface area contributed by atoms with Crippen molar-refractivity contribution in [3.8, 4) is 5.75 Å². The van der Waals surface area contributed by atoms with Gasteiger partial charge in [0, 0.05) is 24.2 Å². The molecular formula is C15H23NO2. The zero-order valence-corrected chi connectivity index (χ0v) is 11.2. The Balaban J connectivity index is 2.32. The lowest BCUT2D eigenvalue weighted by Gasteiger charge is -2.38. The molecule has 1 fully saturated rings. The van der Waals surface area contributed by atoms with E-state index >= 15 is 0 Å². The van der Waals surface area contributed by atoms with Crippen LogP contribution in [0.5, 0.6) is 5.75 Å². The minimum Gasteiger partial charge on any atom is -0.496 e. The fraction of sp³-hybridized carbons (Fsp3) is 0.600. The van der Waals surface area contributed by atoms with Crippen LogP contribution in [0.1, 0.15) is 31.2 Å². The second-order valence-electron chi connectivity index (χ2n) is 4.99. The quantitative estimate of drug-likeness (QED) is 0.872. The Kier molecular flexibility index (Phi) is 4.61. The van der Waals surface area contributed by atoms with E-state index in [1.54, 1.807) is 7.11 Å². The lowest BCUT2D eigenvalue weighted by atomic mass is 9.70. The zero-order valence-electron chi connectivity index (χ0n) is 11.2. The van der Waals surface area contributed by atoms with Crippen molar-refractivity contribution in [3.05, 3.63) is 29.8 Å². The highest BCUT2D eigenvalue weighted by Crippen LogP contribution is 2.42. The van der Waals surface area contributed by atoms with Gasteiger partial charge in [-0.1, -0.05) is 18.2 Å². The van der Waals surface area contributed by atoms with Gasteiger partial charge < -0.3 is 15.2 Å². The van der Waals surface area contributed by atoms with Crippen molar-refractivity contribution in [2.24, 2.45) is 5.73 Å². The van der Waals surface area contributed by atoms with Gasteiger partial charge in [-0.3, -0.25) is 0 Å². The molecule has 2 N–H and O–H groups in total. The van der Waals surface area contributed by atoms with Crippen molar-refractivity contribution in [2.45, 2.75) is 31.1 Å². The van der Waals surface area contributed by atoms with E-state index in [4.69, 9.17) is 15.2 Å². The van der Waals surface area contributed by atoms with Crippen molar-refractivity contribution >= 4 is 0 Å². The number of hydrogen-bond acceptors (Lipinski definition) is 3. The van der Waals surface area contributed by atoms with E-state index < -0.39 is 0 Å². The summed E-state index contributed by atoms with van der Waals surface area (Å²) < 4.78 is 11.1. The van der Waals surface area contributed by atoms with Gasteiger partial charge in [0.2, 0.25) is 0 Å². The average molecular weight is 249 g/mol. The highest BCUT2D eigenvalue weighted by atomic mass is 16.5. The third-order valence-corrected chi connectivity index (χ3v) is 3.99. The second kappa shape index (κ2) is 6.21. The summed E-state index contributed by atoms with van der Waals surface area (Å²) in [6, 6.07) is 8.37. The highest BCUT2D eigenvalue weighted by molar-refractivity contribution is 5.40. The first-order valence-electron chi connectivity index (χ1n) is 6.74. The van der Waals surface area contributed by atoms with Gasteiger partial charge in [-0.15, -0.1) is 0 Å². The SMILES string of the molecule is COc1ccccc1C1(CCCN)CCOCC1. The van der Waals surface area contributed by atoms with Crippen LogP contribution in [0, 0.1) is 0 Å². The molecule has 2 rings (SSSR count). The highest BCUT2D eigenvalue weighted by Gasteiger charge is 2.35. The number of nitrogens with two attached hydrogens (primary N) is 1. The molecule has 100 valence electrons. The van der Waals surface area contributed by atoms with Gasteiger partial charge in [0.15, 0.2) is 0 Å². The molecule has 0 amide bonds. The van der Waals surface area contributed by atoms with Gasteiger partial charge in [0.05, 0.1) is 7.11 Å². The van der Waals surface area contributed by atoms with Gasteiger partial charge in [0.25, 0.3) is 0 Å². The summed E-state index contributed by atoms with van der Waals surface area (Å²) in [4.78, 5) is 0. The molecule has 0 atom stereocenters. The lowest BCUT2D eigenvalue weighted by molar-refractivity contribution is 0.0454. The van der Waals surface area contributed by atoms with E-state index in [0.717, 1.165) is 51.2 Å². The molecule has 1 saturated heterocycles. The van der Waals surface area contributed by atoms with Crippen LogP contribution in [-0.2, 0) is 10.2 Å². The van der Waals surface area contributed by atoms with Crippen molar-refractivity contribution < 1.29 is 9.47 Å². The molecule has 1 aromatic carbocycles. The molecule has 1 heterocycles. The Hall–Kier alpha value is -1.06. The summed E-state index contributed by atoms with van der Waals surface area (Å²) in [6.45, 7) is 2.42. The van der Waals surface area contributed by atoms with Gasteiger partial charge in [0.1, 0.15) is 5.75 Å². The summed E-state index contributed by atoms with van der Waals surface area (Å²) in [5.41, 5.74) is 7.20. The summed E-state index contributed by atoms with van der Waals surface area (Å²) in [7, 11) is 1.74. The van der Waals surface area contributed by atoms with Crippen LogP contribution in [-0.4, -0.2) is 26.9 Å². The third-order valence-electron chi connectivity index (χ3n) is 3.99. The monoisotopic (exact) mass is 249 g/mol. The third kappa shape index (κ3) is 2.68. The molecule has 1 aliphatic rings. The molecule has 0 radical (unpaired) electrons. The van der Waals surface area contributed by atoms with Crippen LogP contribution in [0.4, 0.5) is 0 Å². The molecule has 0 saturated carbocycles. The summed E-state index contributed by atoms with van der Waals surface area (Å²) in [5, 5.41) is 0. The standard InChI is InChI=1S/C15H23NO2/c1-17-14-6-3-2-5-13(14)15(7-4-10-16)8-11-18-12-9-15/h2-3,5-6H,4,7-12,16H2,1H3. The smallest absolute Gasteiger partial charge is 0.122 e. The van der Waals surface area contributed by atoms with E-state index in [9.17, 15) is 0 Å². The normalized spacial score (nSPS) is 18.6. The molecule has 0 bridgehead atoms. The number of methoxy groups -OCH3 is 1. The molecule has 1 aromatic rings. The van der Waals surface area contributed by atoms with Crippen molar-refractivity contribution in [2.75, 3.05) is 26.9 Å². The first-order valence-corrected chi connectivity index (χ1v) is 6.74. The van der Waals surface area contributed by atoms with Gasteiger partial charge in [-0.2, -0.15) is 0 Å². The topological polar surface area (TPSA) is 44.5 Å². The van der Waals surface area contributed by atoms with Crippen LogP contribution in [0.15, 0.2) is 24.3 Å². The van der Waals surface area contributed by atoms with Gasteiger partial charge >= 0.3 is 0 Å². The minimum atomic E-state index is 0.185. The van der Waals surface area contributed by atoms with E-state index in [0.29, 0.717) is 0 Å². The van der Waals surface area contributed by atoms with Gasteiger partial charge in [-0.05, 0) is 38.3 Å². The number of hydrogen-bond donors (Lipinski definition) is 1. The Morgan fingerprint density at radius 1 is 1.28 bits per heavy atom. The Labute approximate surface area is 109 Å². The van der Waals surface area contributed by atoms with Crippen LogP contribution >= 0.6 is 0 Å². The maximum Gasteiger partial charge on any atom is 0.122 e. The van der Waals surface area contributed by atoms with E-state index in [1.165, 1.54) is 5.56 Å². The molecule has 0 aliphatic carbocycles. The minimum absolute atomic E-state index is 0.185. The van der Waals surface area contributed by atoms with Crippen molar-refractivity contribution in [1.82, 2.24) is 0 Å². The predicted octanol–water partition coefficient (Wildman–Crippen LogP) is 2.48. The second-order valence-corrected chi connectivity index (χ2v) is 4.99. The molecule has 1 aliphatic heterocycles. The molecule has 18 heavy (non-hydrogen) atoms. The maximum absolute atomic E-state index is 5.69. The molecular weight excluding hydrogens is 226 g/mol. The van der Waals surface area contributed by atoms with Crippen LogP contribution in [0.25, 0.3) is 0 Å². The summed E-state index contributed by atoms with van der Waals surface area (Å²) in [5.74, 6) is 0.997. The predicted molar refractivity (Wildman–Crippen MR) is 73.0 cm³/mol. The summed E-state index contributed by atoms with van der Waals surface area (Å²) >= 11 is 0. The number of benzene rings is 1. The van der Waals surface area contributed by atoms with Crippen LogP contribution in [0.3, 0.4) is 0 Å². The largest absolute Gasteiger partial charge is 0.496 e. The van der Waals surface area contributed by atoms with E-state index in [1.807, 2.05) is 6.07 Å². The number of ether oxygens (including phenoxy) is 2. The first-order chi connectivity index (χ1) is 8.82. The average Bonchev–Trinajstić information content (AvgIpc) is 2.46.